The molecule has 114 valence electrons. The van der Waals surface area contributed by atoms with Crippen LogP contribution < -0.4 is 0 Å². The fourth-order valence-electron chi connectivity index (χ4n) is 2.99. The molecular formula is C21H20N2. The van der Waals surface area contributed by atoms with Gasteiger partial charge >= 0.3 is 0 Å². The Morgan fingerprint density at radius 2 is 1.87 bits per heavy atom. The SMILES string of the molecule is CCCCc1cc(-c2cccc(C#N)c2C)c2ccccc2n1. The van der Waals surface area contributed by atoms with Crippen LogP contribution in [0.25, 0.3) is 22.0 Å². The first-order valence-electron chi connectivity index (χ1n) is 8.13. The summed E-state index contributed by atoms with van der Waals surface area (Å²) in [4.78, 5) is 4.81. The molecule has 0 aliphatic heterocycles. The predicted molar refractivity (Wildman–Crippen MR) is 95.2 cm³/mol. The number of fused-ring (bicyclic) bond motifs is 1. The lowest BCUT2D eigenvalue weighted by atomic mass is 9.93. The molecule has 0 amide bonds. The Bertz CT molecular complexity index is 888. The molecule has 2 aromatic carbocycles. The minimum absolute atomic E-state index is 0.735. The predicted octanol–water partition coefficient (Wildman–Crippen LogP) is 5.42. The highest BCUT2D eigenvalue weighted by molar-refractivity contribution is 5.95. The summed E-state index contributed by atoms with van der Waals surface area (Å²) in [6.07, 6.45) is 3.29. The molecule has 1 heterocycles. The van der Waals surface area contributed by atoms with E-state index in [-0.39, 0.29) is 0 Å². The Kier molecular flexibility index (Phi) is 4.39. The standard InChI is InChI=1S/C21H20N2/c1-3-4-9-17-13-20(19-10-5-6-12-21(19)23-17)18-11-7-8-16(14-22)15(18)2/h5-8,10-13H,3-4,9H2,1-2H3. The average molecular weight is 300 g/mol. The Labute approximate surface area is 137 Å². The Morgan fingerprint density at radius 3 is 2.65 bits per heavy atom. The van der Waals surface area contributed by atoms with Crippen LogP contribution in [0, 0.1) is 18.3 Å². The van der Waals surface area contributed by atoms with E-state index >= 15 is 0 Å². The topological polar surface area (TPSA) is 36.7 Å². The van der Waals surface area contributed by atoms with Crippen LogP contribution in [0.1, 0.15) is 36.6 Å². The molecule has 0 unspecified atom stereocenters. The highest BCUT2D eigenvalue weighted by Gasteiger charge is 2.11. The van der Waals surface area contributed by atoms with Gasteiger partial charge in [-0.3, -0.25) is 4.98 Å². The molecule has 0 spiro atoms. The van der Waals surface area contributed by atoms with E-state index in [0.717, 1.165) is 52.5 Å². The number of aryl methyl sites for hydroxylation is 1. The number of nitriles is 1. The largest absolute Gasteiger partial charge is 0.253 e. The van der Waals surface area contributed by atoms with E-state index < -0.39 is 0 Å². The molecule has 0 bridgehead atoms. The molecule has 0 atom stereocenters. The second-order valence-corrected chi connectivity index (χ2v) is 5.87. The minimum Gasteiger partial charge on any atom is -0.253 e. The van der Waals surface area contributed by atoms with Crippen LogP contribution in [-0.2, 0) is 6.42 Å². The molecule has 0 radical (unpaired) electrons. The van der Waals surface area contributed by atoms with Crippen LogP contribution in [0.15, 0.2) is 48.5 Å². The monoisotopic (exact) mass is 300 g/mol. The summed E-state index contributed by atoms with van der Waals surface area (Å²) in [6.45, 7) is 4.22. The van der Waals surface area contributed by atoms with E-state index in [1.54, 1.807) is 0 Å². The lowest BCUT2D eigenvalue weighted by molar-refractivity contribution is 0.780. The lowest BCUT2D eigenvalue weighted by Crippen LogP contribution is -1.95. The van der Waals surface area contributed by atoms with Crippen molar-refractivity contribution >= 4 is 10.9 Å². The van der Waals surface area contributed by atoms with Crippen LogP contribution in [0.5, 0.6) is 0 Å². The summed E-state index contributed by atoms with van der Waals surface area (Å²) in [7, 11) is 0. The van der Waals surface area contributed by atoms with E-state index in [4.69, 9.17) is 4.98 Å². The molecule has 0 fully saturated rings. The fourth-order valence-corrected chi connectivity index (χ4v) is 2.99. The number of unbranched alkanes of at least 4 members (excludes halogenated alkanes) is 1. The third kappa shape index (κ3) is 2.96. The first kappa shape index (κ1) is 15.2. The summed E-state index contributed by atoms with van der Waals surface area (Å²) >= 11 is 0. The summed E-state index contributed by atoms with van der Waals surface area (Å²) in [6, 6.07) is 18.7. The van der Waals surface area contributed by atoms with Crippen molar-refractivity contribution in [1.82, 2.24) is 4.98 Å². The third-order valence-corrected chi connectivity index (χ3v) is 4.30. The van der Waals surface area contributed by atoms with E-state index in [1.807, 2.05) is 31.2 Å². The minimum atomic E-state index is 0.735. The van der Waals surface area contributed by atoms with Crippen molar-refractivity contribution in [2.45, 2.75) is 33.1 Å². The third-order valence-electron chi connectivity index (χ3n) is 4.30. The van der Waals surface area contributed by atoms with Crippen molar-refractivity contribution in [2.24, 2.45) is 0 Å². The number of para-hydroxylation sites is 1. The van der Waals surface area contributed by atoms with E-state index in [1.165, 1.54) is 5.56 Å². The van der Waals surface area contributed by atoms with Gasteiger partial charge in [-0.05, 0) is 54.7 Å². The molecule has 2 nitrogen and oxygen atoms in total. The van der Waals surface area contributed by atoms with Gasteiger partial charge in [-0.2, -0.15) is 5.26 Å². The Morgan fingerprint density at radius 1 is 1.04 bits per heavy atom. The van der Waals surface area contributed by atoms with E-state index in [0.29, 0.717) is 0 Å². The number of rotatable bonds is 4. The van der Waals surface area contributed by atoms with Gasteiger partial charge in [-0.25, -0.2) is 0 Å². The second-order valence-electron chi connectivity index (χ2n) is 5.87. The molecular weight excluding hydrogens is 280 g/mol. The van der Waals surface area contributed by atoms with Crippen LogP contribution in [0.3, 0.4) is 0 Å². The Balaban J connectivity index is 2.25. The maximum atomic E-state index is 9.31. The van der Waals surface area contributed by atoms with Gasteiger partial charge in [-0.15, -0.1) is 0 Å². The zero-order valence-electron chi connectivity index (χ0n) is 13.6. The van der Waals surface area contributed by atoms with E-state index in [9.17, 15) is 5.26 Å². The van der Waals surface area contributed by atoms with Crippen molar-refractivity contribution in [3.8, 4) is 17.2 Å². The smallest absolute Gasteiger partial charge is 0.0994 e. The molecule has 0 aliphatic rings. The number of pyridine rings is 1. The van der Waals surface area contributed by atoms with Gasteiger partial charge in [-0.1, -0.05) is 43.7 Å². The normalized spacial score (nSPS) is 10.7. The number of benzene rings is 2. The van der Waals surface area contributed by atoms with Crippen LogP contribution in [0.2, 0.25) is 0 Å². The summed E-state index contributed by atoms with van der Waals surface area (Å²) in [5.41, 5.74) is 6.23. The van der Waals surface area contributed by atoms with Gasteiger partial charge in [0, 0.05) is 11.1 Å². The van der Waals surface area contributed by atoms with Crippen molar-refractivity contribution < 1.29 is 0 Å². The van der Waals surface area contributed by atoms with Gasteiger partial charge in [0.05, 0.1) is 17.1 Å². The van der Waals surface area contributed by atoms with Gasteiger partial charge in [0.1, 0.15) is 0 Å². The molecule has 0 saturated carbocycles. The second kappa shape index (κ2) is 6.62. The molecule has 1 aromatic heterocycles. The van der Waals surface area contributed by atoms with Crippen molar-refractivity contribution in [2.75, 3.05) is 0 Å². The zero-order valence-corrected chi connectivity index (χ0v) is 13.6. The number of hydrogen-bond donors (Lipinski definition) is 0. The van der Waals surface area contributed by atoms with Gasteiger partial charge in [0.2, 0.25) is 0 Å². The zero-order chi connectivity index (χ0) is 16.2. The highest BCUT2D eigenvalue weighted by Crippen LogP contribution is 2.32. The first-order chi connectivity index (χ1) is 11.2. The van der Waals surface area contributed by atoms with E-state index in [2.05, 4.69) is 37.3 Å². The number of nitrogens with zero attached hydrogens (tertiary/aromatic N) is 2. The fraction of sp³-hybridized carbons (Fsp3) is 0.238. The Hall–Kier alpha value is -2.66. The molecule has 0 aliphatic carbocycles. The molecule has 3 aromatic rings. The van der Waals surface area contributed by atoms with Gasteiger partial charge in [0.25, 0.3) is 0 Å². The average Bonchev–Trinajstić information content (AvgIpc) is 2.59. The van der Waals surface area contributed by atoms with Crippen molar-refractivity contribution in [1.29, 1.82) is 5.26 Å². The maximum absolute atomic E-state index is 9.31. The first-order valence-corrected chi connectivity index (χ1v) is 8.13. The highest BCUT2D eigenvalue weighted by atomic mass is 14.7. The van der Waals surface area contributed by atoms with Crippen molar-refractivity contribution in [3.63, 3.8) is 0 Å². The van der Waals surface area contributed by atoms with Crippen molar-refractivity contribution in [3.05, 3.63) is 65.4 Å². The van der Waals surface area contributed by atoms with Gasteiger partial charge < -0.3 is 0 Å². The molecule has 3 rings (SSSR count). The van der Waals surface area contributed by atoms with Crippen LogP contribution in [-0.4, -0.2) is 4.98 Å². The maximum Gasteiger partial charge on any atom is 0.0994 e. The summed E-state index contributed by atoms with van der Waals surface area (Å²) in [5.74, 6) is 0. The number of hydrogen-bond acceptors (Lipinski definition) is 2. The summed E-state index contributed by atoms with van der Waals surface area (Å²) < 4.78 is 0. The number of aromatic nitrogens is 1. The molecule has 0 N–H and O–H groups in total. The lowest BCUT2D eigenvalue weighted by Gasteiger charge is -2.13. The quantitative estimate of drug-likeness (QED) is 0.644. The van der Waals surface area contributed by atoms with Crippen LogP contribution in [0.4, 0.5) is 0 Å². The van der Waals surface area contributed by atoms with Gasteiger partial charge in [0.15, 0.2) is 0 Å². The molecule has 2 heteroatoms. The summed E-state index contributed by atoms with van der Waals surface area (Å²) in [5, 5.41) is 10.5. The molecule has 23 heavy (non-hydrogen) atoms. The molecule has 0 saturated heterocycles. The van der Waals surface area contributed by atoms with Crippen LogP contribution >= 0.6 is 0 Å².